The molecule has 7 heteroatoms. The van der Waals surface area contributed by atoms with Gasteiger partial charge in [-0.3, -0.25) is 9.79 Å². The van der Waals surface area contributed by atoms with Crippen LogP contribution in [-0.4, -0.2) is 40.4 Å². The molecule has 0 atom stereocenters. The maximum Gasteiger partial charge on any atom is 0.203 e. The van der Waals surface area contributed by atoms with Gasteiger partial charge in [0.2, 0.25) is 5.75 Å². The molecule has 0 aliphatic heterocycles. The van der Waals surface area contributed by atoms with Gasteiger partial charge in [0.1, 0.15) is 17.3 Å². The van der Waals surface area contributed by atoms with Crippen molar-refractivity contribution < 1.29 is 28.1 Å². The fourth-order valence-corrected chi connectivity index (χ4v) is 3.28. The first kappa shape index (κ1) is 24.5. The number of ether oxygens (including phenoxy) is 4. The van der Waals surface area contributed by atoms with Gasteiger partial charge in [-0.05, 0) is 59.7 Å². The van der Waals surface area contributed by atoms with Gasteiger partial charge in [0.15, 0.2) is 17.3 Å². The molecule has 176 valence electrons. The minimum absolute atomic E-state index is 0.0836. The van der Waals surface area contributed by atoms with Crippen molar-refractivity contribution in [2.75, 3.05) is 28.4 Å². The van der Waals surface area contributed by atoms with E-state index in [1.54, 1.807) is 28.4 Å². The van der Waals surface area contributed by atoms with Gasteiger partial charge >= 0.3 is 0 Å². The number of nitrogens with zero attached hydrogens (tertiary/aromatic N) is 1. The van der Waals surface area contributed by atoms with Crippen LogP contribution in [0.2, 0.25) is 0 Å². The van der Waals surface area contributed by atoms with Crippen LogP contribution in [-0.2, 0) is 0 Å². The van der Waals surface area contributed by atoms with E-state index in [2.05, 4.69) is 4.99 Å². The molecule has 3 rings (SSSR count). The maximum atomic E-state index is 13.1. The van der Waals surface area contributed by atoms with Crippen LogP contribution in [0, 0.1) is 5.82 Å². The fourth-order valence-electron chi connectivity index (χ4n) is 3.28. The number of benzene rings is 3. The van der Waals surface area contributed by atoms with Crippen LogP contribution in [0.15, 0.2) is 59.6 Å². The lowest BCUT2D eigenvalue weighted by Crippen LogP contribution is -1.99. The molecule has 34 heavy (non-hydrogen) atoms. The summed E-state index contributed by atoms with van der Waals surface area (Å²) in [7, 11) is 6.25. The molecule has 0 amide bonds. The summed E-state index contributed by atoms with van der Waals surface area (Å²) >= 11 is 0. The molecule has 0 aliphatic carbocycles. The average Bonchev–Trinajstić information content (AvgIpc) is 2.87. The molecule has 0 heterocycles. The Balaban J connectivity index is 1.80. The second-order valence-corrected chi connectivity index (χ2v) is 7.17. The minimum Gasteiger partial charge on any atom is -0.494 e. The Morgan fingerprint density at radius 1 is 0.794 bits per heavy atom. The van der Waals surface area contributed by atoms with E-state index in [0.29, 0.717) is 34.2 Å². The number of rotatable bonds is 10. The highest BCUT2D eigenvalue weighted by Gasteiger charge is 2.12. The van der Waals surface area contributed by atoms with Crippen LogP contribution in [0.25, 0.3) is 12.2 Å². The third kappa shape index (κ3) is 6.01. The van der Waals surface area contributed by atoms with E-state index in [-0.39, 0.29) is 18.0 Å². The Hall–Kier alpha value is -4.13. The van der Waals surface area contributed by atoms with Gasteiger partial charge in [-0.25, -0.2) is 4.39 Å². The number of hydrogen-bond donors (Lipinski definition) is 0. The summed E-state index contributed by atoms with van der Waals surface area (Å²) in [6, 6.07) is 14.7. The van der Waals surface area contributed by atoms with Gasteiger partial charge in [0, 0.05) is 18.2 Å². The predicted molar refractivity (Wildman–Crippen MR) is 132 cm³/mol. The van der Waals surface area contributed by atoms with Crippen LogP contribution in [0.1, 0.15) is 27.9 Å². The van der Waals surface area contributed by atoms with Gasteiger partial charge in [-0.2, -0.15) is 0 Å². The lowest BCUT2D eigenvalue weighted by atomic mass is 10.1. The molecule has 0 saturated heterocycles. The molecule has 0 aliphatic rings. The summed E-state index contributed by atoms with van der Waals surface area (Å²) in [4.78, 5) is 16.7. The molecule has 3 aromatic rings. The standard InChI is InChI=1S/C27H26FNO5/c1-31-24-12-7-18(5-6-19-16-25(32-2)27(34-4)26(17-19)33-3)15-22(24)29-14-13-23(30)20-8-10-21(28)11-9-20/h5-12,14-17H,13H2,1-4H3/b6-5-,29-14?. The first-order valence-electron chi connectivity index (χ1n) is 10.5. The monoisotopic (exact) mass is 463 g/mol. The lowest BCUT2D eigenvalue weighted by Gasteiger charge is -2.12. The van der Waals surface area contributed by atoms with Crippen LogP contribution in [0.4, 0.5) is 10.1 Å². The van der Waals surface area contributed by atoms with E-state index in [9.17, 15) is 9.18 Å². The third-order valence-corrected chi connectivity index (χ3v) is 5.03. The molecule has 0 unspecified atom stereocenters. The van der Waals surface area contributed by atoms with E-state index in [1.807, 2.05) is 42.5 Å². The zero-order valence-electron chi connectivity index (χ0n) is 19.5. The largest absolute Gasteiger partial charge is 0.494 e. The van der Waals surface area contributed by atoms with E-state index in [4.69, 9.17) is 18.9 Å². The fraction of sp³-hybridized carbons (Fsp3) is 0.185. The lowest BCUT2D eigenvalue weighted by molar-refractivity contribution is 0.100. The molecular weight excluding hydrogens is 437 g/mol. The normalized spacial score (nSPS) is 11.1. The zero-order chi connectivity index (χ0) is 24.5. The van der Waals surface area contributed by atoms with Gasteiger partial charge < -0.3 is 18.9 Å². The predicted octanol–water partition coefficient (Wildman–Crippen LogP) is 6.01. The molecule has 0 saturated carbocycles. The van der Waals surface area contributed by atoms with Crippen molar-refractivity contribution >= 4 is 29.8 Å². The SMILES string of the molecule is COc1ccc(/C=C\c2cc(OC)c(OC)c(OC)c2)cc1N=CCC(=O)c1ccc(F)cc1. The van der Waals surface area contributed by atoms with Crippen LogP contribution < -0.4 is 18.9 Å². The van der Waals surface area contributed by atoms with Gasteiger partial charge in [-0.15, -0.1) is 0 Å². The summed E-state index contributed by atoms with van der Waals surface area (Å²) in [5.74, 6) is 1.70. The number of aliphatic imine (C=N–C) groups is 1. The van der Waals surface area contributed by atoms with E-state index in [1.165, 1.54) is 30.5 Å². The Bertz CT molecular complexity index is 1180. The first-order chi connectivity index (χ1) is 16.5. The van der Waals surface area contributed by atoms with Crippen molar-refractivity contribution in [3.63, 3.8) is 0 Å². The van der Waals surface area contributed by atoms with Crippen molar-refractivity contribution in [3.8, 4) is 23.0 Å². The topological polar surface area (TPSA) is 66.3 Å². The highest BCUT2D eigenvalue weighted by molar-refractivity contribution is 6.03. The summed E-state index contributed by atoms with van der Waals surface area (Å²) in [5.41, 5.74) is 2.76. The Morgan fingerprint density at radius 3 is 2.00 bits per heavy atom. The third-order valence-electron chi connectivity index (χ3n) is 5.03. The van der Waals surface area contributed by atoms with Crippen molar-refractivity contribution in [1.82, 2.24) is 0 Å². The first-order valence-corrected chi connectivity index (χ1v) is 10.5. The van der Waals surface area contributed by atoms with E-state index in [0.717, 1.165) is 11.1 Å². The molecule has 0 aromatic heterocycles. The summed E-state index contributed by atoms with van der Waals surface area (Å²) in [6.45, 7) is 0. The molecule has 3 aromatic carbocycles. The number of Topliss-reactive ketones (excluding diaryl/α,β-unsaturated/α-hetero) is 1. The maximum absolute atomic E-state index is 13.1. The van der Waals surface area contributed by atoms with Crippen molar-refractivity contribution in [2.45, 2.75) is 6.42 Å². The van der Waals surface area contributed by atoms with Gasteiger partial charge in [0.05, 0.1) is 28.4 Å². The van der Waals surface area contributed by atoms with Crippen molar-refractivity contribution in [3.05, 3.63) is 77.1 Å². The van der Waals surface area contributed by atoms with Crippen LogP contribution in [0.3, 0.4) is 0 Å². The Morgan fingerprint density at radius 2 is 1.41 bits per heavy atom. The second kappa shape index (κ2) is 11.7. The highest BCUT2D eigenvalue weighted by atomic mass is 19.1. The number of methoxy groups -OCH3 is 4. The number of carbonyl (C=O) groups is 1. The van der Waals surface area contributed by atoms with Crippen LogP contribution in [0.5, 0.6) is 23.0 Å². The Kier molecular flexibility index (Phi) is 8.40. The molecule has 0 N–H and O–H groups in total. The second-order valence-electron chi connectivity index (χ2n) is 7.17. The van der Waals surface area contributed by atoms with Gasteiger partial charge in [0.25, 0.3) is 0 Å². The molecule has 0 spiro atoms. The van der Waals surface area contributed by atoms with E-state index >= 15 is 0 Å². The molecule has 0 fully saturated rings. The summed E-state index contributed by atoms with van der Waals surface area (Å²) in [6.07, 6.45) is 5.44. The van der Waals surface area contributed by atoms with Crippen LogP contribution >= 0.6 is 0 Å². The van der Waals surface area contributed by atoms with Gasteiger partial charge in [-0.1, -0.05) is 18.2 Å². The number of ketones is 1. The zero-order valence-corrected chi connectivity index (χ0v) is 19.5. The Labute approximate surface area is 198 Å². The molecule has 0 radical (unpaired) electrons. The quantitative estimate of drug-likeness (QED) is 0.209. The number of halogens is 1. The smallest absolute Gasteiger partial charge is 0.203 e. The molecule has 0 bridgehead atoms. The average molecular weight is 464 g/mol. The van der Waals surface area contributed by atoms with E-state index < -0.39 is 0 Å². The summed E-state index contributed by atoms with van der Waals surface area (Å²) < 4.78 is 34.6. The summed E-state index contributed by atoms with van der Waals surface area (Å²) in [5, 5.41) is 0. The minimum atomic E-state index is -0.383. The number of hydrogen-bond acceptors (Lipinski definition) is 6. The van der Waals surface area contributed by atoms with Crippen molar-refractivity contribution in [2.24, 2.45) is 4.99 Å². The molecule has 6 nitrogen and oxygen atoms in total. The highest BCUT2D eigenvalue weighted by Crippen LogP contribution is 2.38. The number of carbonyl (C=O) groups excluding carboxylic acids is 1. The van der Waals surface area contributed by atoms with Crippen molar-refractivity contribution in [1.29, 1.82) is 0 Å². The molecular formula is C27H26FNO5.